The summed E-state index contributed by atoms with van der Waals surface area (Å²) in [5.74, 6) is 1.36. The van der Waals surface area contributed by atoms with Gasteiger partial charge in [-0.25, -0.2) is 0 Å². The van der Waals surface area contributed by atoms with Crippen LogP contribution in [0, 0.1) is 5.92 Å². The van der Waals surface area contributed by atoms with Crippen molar-refractivity contribution in [2.75, 3.05) is 24.5 Å². The van der Waals surface area contributed by atoms with Gasteiger partial charge in [-0.15, -0.1) is 5.10 Å². The molecule has 0 saturated carbocycles. The smallest absolute Gasteiger partial charge is 0.318 e. The Balaban J connectivity index is 2.67. The summed E-state index contributed by atoms with van der Waals surface area (Å²) >= 11 is 0. The van der Waals surface area contributed by atoms with Crippen molar-refractivity contribution >= 4 is 6.01 Å². The van der Waals surface area contributed by atoms with Gasteiger partial charge in [-0.3, -0.25) is 0 Å². The Kier molecular flexibility index (Phi) is 7.59. The van der Waals surface area contributed by atoms with E-state index in [0.717, 1.165) is 26.1 Å². The molecule has 1 heterocycles. The highest BCUT2D eigenvalue weighted by Crippen LogP contribution is 2.20. The summed E-state index contributed by atoms with van der Waals surface area (Å²) in [5, 5.41) is 11.8. The van der Waals surface area contributed by atoms with Crippen LogP contribution in [0.3, 0.4) is 0 Å². The monoisotopic (exact) mass is 282 g/mol. The van der Waals surface area contributed by atoms with Crippen molar-refractivity contribution in [3.8, 4) is 0 Å². The van der Waals surface area contributed by atoms with Crippen LogP contribution in [-0.4, -0.2) is 29.8 Å². The van der Waals surface area contributed by atoms with Gasteiger partial charge < -0.3 is 14.6 Å². The standard InChI is InChI=1S/C15H30N4O/c1-6-10-16-12(5)14-17-18-15(20-14)19(9-4)11-13(7-2)8-3/h12-13,16H,6-11H2,1-5H3. The first-order valence-electron chi connectivity index (χ1n) is 7.97. The lowest BCUT2D eigenvalue weighted by atomic mass is 10.0. The van der Waals surface area contributed by atoms with Crippen molar-refractivity contribution in [3.63, 3.8) is 0 Å². The minimum atomic E-state index is 0.114. The van der Waals surface area contributed by atoms with Crippen LogP contribution in [-0.2, 0) is 0 Å². The van der Waals surface area contributed by atoms with E-state index in [2.05, 4.69) is 55.0 Å². The average Bonchev–Trinajstić information content (AvgIpc) is 2.96. The predicted octanol–water partition coefficient (Wildman–Crippen LogP) is 3.39. The topological polar surface area (TPSA) is 54.2 Å². The Hall–Kier alpha value is -1.10. The van der Waals surface area contributed by atoms with E-state index in [1.807, 2.05) is 0 Å². The van der Waals surface area contributed by atoms with Crippen LogP contribution in [0.15, 0.2) is 4.42 Å². The van der Waals surface area contributed by atoms with E-state index < -0.39 is 0 Å². The van der Waals surface area contributed by atoms with Crippen LogP contribution in [0.25, 0.3) is 0 Å². The highest BCUT2D eigenvalue weighted by Gasteiger charge is 2.18. The van der Waals surface area contributed by atoms with E-state index in [4.69, 9.17) is 4.42 Å². The molecule has 0 fully saturated rings. The van der Waals surface area contributed by atoms with Crippen LogP contribution in [0.4, 0.5) is 6.01 Å². The van der Waals surface area contributed by atoms with Crippen molar-refractivity contribution in [3.05, 3.63) is 5.89 Å². The van der Waals surface area contributed by atoms with Gasteiger partial charge in [0, 0.05) is 13.1 Å². The summed E-state index contributed by atoms with van der Waals surface area (Å²) in [6.07, 6.45) is 3.46. The molecule has 5 heteroatoms. The second-order valence-electron chi connectivity index (χ2n) is 5.32. The highest BCUT2D eigenvalue weighted by molar-refractivity contribution is 5.24. The minimum absolute atomic E-state index is 0.114. The fraction of sp³-hybridized carbons (Fsp3) is 0.867. The first-order chi connectivity index (χ1) is 9.65. The van der Waals surface area contributed by atoms with E-state index in [-0.39, 0.29) is 6.04 Å². The molecule has 0 aliphatic carbocycles. The molecule has 20 heavy (non-hydrogen) atoms. The Morgan fingerprint density at radius 2 is 1.85 bits per heavy atom. The van der Waals surface area contributed by atoms with Gasteiger partial charge in [0.05, 0.1) is 6.04 Å². The molecule has 0 saturated heterocycles. The van der Waals surface area contributed by atoms with Gasteiger partial charge in [0.25, 0.3) is 0 Å². The summed E-state index contributed by atoms with van der Waals surface area (Å²) in [6.45, 7) is 13.7. The van der Waals surface area contributed by atoms with Gasteiger partial charge in [0.1, 0.15) is 0 Å². The van der Waals surface area contributed by atoms with Crippen LogP contribution < -0.4 is 10.2 Å². The fourth-order valence-corrected chi connectivity index (χ4v) is 2.18. The van der Waals surface area contributed by atoms with E-state index in [0.29, 0.717) is 17.8 Å². The molecule has 5 nitrogen and oxygen atoms in total. The molecule has 1 aromatic rings. The number of hydrogen-bond acceptors (Lipinski definition) is 5. The molecule has 0 aromatic carbocycles. The zero-order valence-corrected chi connectivity index (χ0v) is 13.6. The molecule has 1 N–H and O–H groups in total. The normalized spacial score (nSPS) is 12.9. The number of rotatable bonds is 10. The van der Waals surface area contributed by atoms with Gasteiger partial charge in [0.15, 0.2) is 0 Å². The molecular formula is C15H30N4O. The largest absolute Gasteiger partial charge is 0.406 e. The summed E-state index contributed by atoms with van der Waals surface area (Å²) < 4.78 is 5.83. The first-order valence-corrected chi connectivity index (χ1v) is 7.97. The lowest BCUT2D eigenvalue weighted by Gasteiger charge is -2.23. The second kappa shape index (κ2) is 8.95. The third-order valence-corrected chi connectivity index (χ3v) is 3.79. The molecule has 116 valence electrons. The summed E-state index contributed by atoms with van der Waals surface area (Å²) in [4.78, 5) is 2.18. The van der Waals surface area contributed by atoms with E-state index in [1.165, 1.54) is 12.8 Å². The maximum atomic E-state index is 5.83. The van der Waals surface area contributed by atoms with Gasteiger partial charge >= 0.3 is 6.01 Å². The van der Waals surface area contributed by atoms with Crippen molar-refractivity contribution in [1.29, 1.82) is 0 Å². The maximum Gasteiger partial charge on any atom is 0.318 e. The molecule has 1 atom stereocenters. The average molecular weight is 282 g/mol. The van der Waals surface area contributed by atoms with Crippen LogP contribution in [0.2, 0.25) is 0 Å². The summed E-state index contributed by atoms with van der Waals surface area (Å²) in [7, 11) is 0. The molecule has 1 rings (SSSR count). The minimum Gasteiger partial charge on any atom is -0.406 e. The summed E-state index contributed by atoms with van der Waals surface area (Å²) in [5.41, 5.74) is 0. The summed E-state index contributed by atoms with van der Waals surface area (Å²) in [6, 6.07) is 0.766. The lowest BCUT2D eigenvalue weighted by molar-refractivity contribution is 0.403. The number of hydrogen-bond donors (Lipinski definition) is 1. The molecule has 0 amide bonds. The van der Waals surface area contributed by atoms with Crippen molar-refractivity contribution in [2.24, 2.45) is 5.92 Å². The molecule has 1 unspecified atom stereocenters. The van der Waals surface area contributed by atoms with Gasteiger partial charge in [-0.2, -0.15) is 0 Å². The second-order valence-corrected chi connectivity index (χ2v) is 5.32. The molecule has 0 aliphatic heterocycles. The SMILES string of the molecule is CCCNC(C)c1nnc(N(CC)CC(CC)CC)o1. The predicted molar refractivity (Wildman–Crippen MR) is 83.0 cm³/mol. The first kappa shape index (κ1) is 17.0. The van der Waals surface area contributed by atoms with E-state index in [1.54, 1.807) is 0 Å². The zero-order valence-electron chi connectivity index (χ0n) is 13.6. The van der Waals surface area contributed by atoms with E-state index >= 15 is 0 Å². The van der Waals surface area contributed by atoms with Crippen molar-refractivity contribution in [2.45, 2.75) is 59.9 Å². The highest BCUT2D eigenvalue weighted by atomic mass is 16.4. The Morgan fingerprint density at radius 1 is 1.15 bits per heavy atom. The fourth-order valence-electron chi connectivity index (χ4n) is 2.18. The Morgan fingerprint density at radius 3 is 2.40 bits per heavy atom. The number of nitrogens with zero attached hydrogens (tertiary/aromatic N) is 3. The molecule has 0 radical (unpaired) electrons. The van der Waals surface area contributed by atoms with Crippen molar-refractivity contribution < 1.29 is 4.42 Å². The maximum absolute atomic E-state index is 5.83. The van der Waals surface area contributed by atoms with E-state index in [9.17, 15) is 0 Å². The van der Waals surface area contributed by atoms with Crippen LogP contribution in [0.5, 0.6) is 0 Å². The molecule has 1 aromatic heterocycles. The third-order valence-electron chi connectivity index (χ3n) is 3.79. The number of aromatic nitrogens is 2. The molecular weight excluding hydrogens is 252 g/mol. The lowest BCUT2D eigenvalue weighted by Crippen LogP contribution is -2.29. The molecule has 0 bridgehead atoms. The van der Waals surface area contributed by atoms with Crippen molar-refractivity contribution in [1.82, 2.24) is 15.5 Å². The number of anilines is 1. The molecule has 0 aliphatic rings. The van der Waals surface area contributed by atoms with Gasteiger partial charge in [-0.05, 0) is 32.7 Å². The van der Waals surface area contributed by atoms with Gasteiger partial charge in [-0.1, -0.05) is 38.7 Å². The van der Waals surface area contributed by atoms with Crippen LogP contribution >= 0.6 is 0 Å². The molecule has 0 spiro atoms. The zero-order chi connectivity index (χ0) is 15.0. The number of nitrogens with one attached hydrogen (secondary N) is 1. The third kappa shape index (κ3) is 4.78. The van der Waals surface area contributed by atoms with Gasteiger partial charge in [0.2, 0.25) is 5.89 Å². The quantitative estimate of drug-likeness (QED) is 0.713. The Labute approximate surface area is 123 Å². The Bertz CT molecular complexity index is 363. The van der Waals surface area contributed by atoms with Crippen LogP contribution in [0.1, 0.15) is 65.8 Å².